The number of benzene rings is 1. The zero-order valence-electron chi connectivity index (χ0n) is 11.1. The first-order valence-electron chi connectivity index (χ1n) is 6.73. The fourth-order valence-electron chi connectivity index (χ4n) is 2.34. The highest BCUT2D eigenvalue weighted by Gasteiger charge is 2.17. The molecule has 0 aromatic heterocycles. The van der Waals surface area contributed by atoms with Gasteiger partial charge in [0.15, 0.2) is 0 Å². The molecule has 3 nitrogen and oxygen atoms in total. The van der Waals surface area contributed by atoms with Crippen molar-refractivity contribution < 1.29 is 9.53 Å². The monoisotopic (exact) mass is 257 g/mol. The number of amides is 1. The SMILES string of the molecule is C#CCOc1ccccc1CCC(=O)N1CCCC1. The number of hydrogen-bond donors (Lipinski definition) is 0. The number of para-hydroxylation sites is 1. The van der Waals surface area contributed by atoms with Crippen molar-refractivity contribution in [2.24, 2.45) is 0 Å². The second kappa shape index (κ2) is 6.84. The minimum Gasteiger partial charge on any atom is -0.481 e. The molecule has 1 fully saturated rings. The molecule has 1 aromatic rings. The van der Waals surface area contributed by atoms with Crippen LogP contribution in [0.2, 0.25) is 0 Å². The molecule has 0 aliphatic carbocycles. The van der Waals surface area contributed by atoms with E-state index in [2.05, 4.69) is 5.92 Å². The van der Waals surface area contributed by atoms with Crippen LogP contribution in [0.25, 0.3) is 0 Å². The fourth-order valence-corrected chi connectivity index (χ4v) is 2.34. The molecule has 0 unspecified atom stereocenters. The third-order valence-corrected chi connectivity index (χ3v) is 3.35. The van der Waals surface area contributed by atoms with Crippen molar-refractivity contribution in [2.75, 3.05) is 19.7 Å². The third kappa shape index (κ3) is 3.75. The van der Waals surface area contributed by atoms with Gasteiger partial charge >= 0.3 is 0 Å². The number of likely N-dealkylation sites (tertiary alicyclic amines) is 1. The Hall–Kier alpha value is -1.95. The summed E-state index contributed by atoms with van der Waals surface area (Å²) in [4.78, 5) is 13.9. The number of rotatable bonds is 5. The van der Waals surface area contributed by atoms with Gasteiger partial charge in [0.2, 0.25) is 5.91 Å². The Bertz CT molecular complexity index is 470. The van der Waals surface area contributed by atoms with E-state index >= 15 is 0 Å². The number of ether oxygens (including phenoxy) is 1. The van der Waals surface area contributed by atoms with Gasteiger partial charge in [0.1, 0.15) is 12.4 Å². The van der Waals surface area contributed by atoms with E-state index in [-0.39, 0.29) is 12.5 Å². The summed E-state index contributed by atoms with van der Waals surface area (Å²) in [5, 5.41) is 0. The van der Waals surface area contributed by atoms with Crippen LogP contribution in [0.5, 0.6) is 5.75 Å². The molecule has 1 aromatic carbocycles. The Labute approximate surface area is 114 Å². The minimum atomic E-state index is 0.240. The van der Waals surface area contributed by atoms with Gasteiger partial charge in [-0.3, -0.25) is 4.79 Å². The van der Waals surface area contributed by atoms with E-state index in [4.69, 9.17) is 11.2 Å². The maximum atomic E-state index is 12.0. The van der Waals surface area contributed by atoms with Crippen LogP contribution in [0.3, 0.4) is 0 Å². The van der Waals surface area contributed by atoms with Crippen molar-refractivity contribution in [1.29, 1.82) is 0 Å². The topological polar surface area (TPSA) is 29.5 Å². The average molecular weight is 257 g/mol. The molecule has 2 rings (SSSR count). The quantitative estimate of drug-likeness (QED) is 0.757. The molecule has 1 aliphatic heterocycles. The van der Waals surface area contributed by atoms with Crippen LogP contribution < -0.4 is 4.74 Å². The molecule has 1 saturated heterocycles. The number of terminal acetylenes is 1. The normalized spacial score (nSPS) is 14.2. The van der Waals surface area contributed by atoms with E-state index in [1.54, 1.807) is 0 Å². The second-order valence-electron chi connectivity index (χ2n) is 4.69. The molecule has 0 bridgehead atoms. The van der Waals surface area contributed by atoms with Crippen molar-refractivity contribution in [3.8, 4) is 18.1 Å². The predicted octanol–water partition coefficient (Wildman–Crippen LogP) is 2.25. The van der Waals surface area contributed by atoms with Crippen LogP contribution in [0.1, 0.15) is 24.8 Å². The lowest BCUT2D eigenvalue weighted by molar-refractivity contribution is -0.130. The number of hydrogen-bond acceptors (Lipinski definition) is 2. The van der Waals surface area contributed by atoms with Gasteiger partial charge in [-0.15, -0.1) is 6.42 Å². The van der Waals surface area contributed by atoms with E-state index in [1.807, 2.05) is 29.2 Å². The minimum absolute atomic E-state index is 0.240. The molecule has 1 amide bonds. The second-order valence-corrected chi connectivity index (χ2v) is 4.69. The zero-order chi connectivity index (χ0) is 13.5. The van der Waals surface area contributed by atoms with E-state index in [9.17, 15) is 4.79 Å². The van der Waals surface area contributed by atoms with Crippen molar-refractivity contribution in [3.63, 3.8) is 0 Å². The smallest absolute Gasteiger partial charge is 0.222 e. The maximum Gasteiger partial charge on any atom is 0.222 e. The molecular weight excluding hydrogens is 238 g/mol. The summed E-state index contributed by atoms with van der Waals surface area (Å²) in [6.45, 7) is 2.08. The number of nitrogens with zero attached hydrogens (tertiary/aromatic N) is 1. The molecule has 0 saturated carbocycles. The highest BCUT2D eigenvalue weighted by molar-refractivity contribution is 5.76. The number of carbonyl (C=O) groups excluding carboxylic acids is 1. The molecular formula is C16H19NO2. The molecule has 1 heterocycles. The summed E-state index contributed by atoms with van der Waals surface area (Å²) >= 11 is 0. The number of aryl methyl sites for hydroxylation is 1. The first-order chi connectivity index (χ1) is 9.31. The molecule has 3 heteroatoms. The van der Waals surface area contributed by atoms with Gasteiger partial charge in [-0.05, 0) is 30.9 Å². The van der Waals surface area contributed by atoms with Gasteiger partial charge < -0.3 is 9.64 Å². The summed E-state index contributed by atoms with van der Waals surface area (Å²) in [6, 6.07) is 7.76. The largest absolute Gasteiger partial charge is 0.481 e. The Morgan fingerprint density at radius 2 is 2.05 bits per heavy atom. The summed E-state index contributed by atoms with van der Waals surface area (Å²) < 4.78 is 5.48. The van der Waals surface area contributed by atoms with Crippen LogP contribution in [0, 0.1) is 12.3 Å². The van der Waals surface area contributed by atoms with E-state index in [0.717, 1.165) is 37.2 Å². The fraction of sp³-hybridized carbons (Fsp3) is 0.438. The molecule has 1 aliphatic rings. The Morgan fingerprint density at radius 1 is 1.32 bits per heavy atom. The first kappa shape index (κ1) is 13.5. The van der Waals surface area contributed by atoms with Crippen molar-refractivity contribution in [3.05, 3.63) is 29.8 Å². The van der Waals surface area contributed by atoms with Gasteiger partial charge in [0, 0.05) is 19.5 Å². The zero-order valence-corrected chi connectivity index (χ0v) is 11.1. The molecule has 100 valence electrons. The van der Waals surface area contributed by atoms with Gasteiger partial charge in [0.05, 0.1) is 0 Å². The first-order valence-corrected chi connectivity index (χ1v) is 6.73. The molecule has 0 spiro atoms. The lowest BCUT2D eigenvalue weighted by atomic mass is 10.1. The van der Waals surface area contributed by atoms with Crippen molar-refractivity contribution >= 4 is 5.91 Å². The van der Waals surface area contributed by atoms with Gasteiger partial charge in [-0.1, -0.05) is 24.1 Å². The Balaban J connectivity index is 1.91. The predicted molar refractivity (Wildman–Crippen MR) is 74.9 cm³/mol. The molecule has 0 radical (unpaired) electrons. The summed E-state index contributed by atoms with van der Waals surface area (Å²) in [5.74, 6) is 3.48. The van der Waals surface area contributed by atoms with E-state index < -0.39 is 0 Å². The lowest BCUT2D eigenvalue weighted by Gasteiger charge is -2.15. The van der Waals surface area contributed by atoms with E-state index in [0.29, 0.717) is 12.8 Å². The standard InChI is InChI=1S/C16H19NO2/c1-2-13-19-15-8-4-3-7-14(15)9-10-16(18)17-11-5-6-12-17/h1,3-4,7-8H,5-6,9-13H2. The van der Waals surface area contributed by atoms with Crippen LogP contribution in [-0.2, 0) is 11.2 Å². The van der Waals surface area contributed by atoms with Crippen molar-refractivity contribution in [2.45, 2.75) is 25.7 Å². The summed E-state index contributed by atoms with van der Waals surface area (Å²) in [7, 11) is 0. The average Bonchev–Trinajstić information content (AvgIpc) is 2.97. The van der Waals surface area contributed by atoms with Crippen LogP contribution in [0.4, 0.5) is 0 Å². The summed E-state index contributed by atoms with van der Waals surface area (Å²) in [5.41, 5.74) is 1.05. The lowest BCUT2D eigenvalue weighted by Crippen LogP contribution is -2.27. The maximum absolute atomic E-state index is 12.0. The third-order valence-electron chi connectivity index (χ3n) is 3.35. The van der Waals surface area contributed by atoms with Gasteiger partial charge in [-0.2, -0.15) is 0 Å². The van der Waals surface area contributed by atoms with Gasteiger partial charge in [0.25, 0.3) is 0 Å². The molecule has 0 atom stereocenters. The van der Waals surface area contributed by atoms with Gasteiger partial charge in [-0.25, -0.2) is 0 Å². The van der Waals surface area contributed by atoms with E-state index in [1.165, 1.54) is 0 Å². The molecule has 19 heavy (non-hydrogen) atoms. The highest BCUT2D eigenvalue weighted by Crippen LogP contribution is 2.20. The summed E-state index contributed by atoms with van der Waals surface area (Å²) in [6.07, 6.45) is 8.70. The van der Waals surface area contributed by atoms with Crippen LogP contribution >= 0.6 is 0 Å². The Kier molecular flexibility index (Phi) is 4.85. The highest BCUT2D eigenvalue weighted by atomic mass is 16.5. The number of carbonyl (C=O) groups is 1. The van der Waals surface area contributed by atoms with Crippen LogP contribution in [-0.4, -0.2) is 30.5 Å². The Morgan fingerprint density at radius 3 is 2.79 bits per heavy atom. The van der Waals surface area contributed by atoms with Crippen molar-refractivity contribution in [1.82, 2.24) is 4.90 Å². The molecule has 0 N–H and O–H groups in total. The van der Waals surface area contributed by atoms with Crippen LogP contribution in [0.15, 0.2) is 24.3 Å².